The van der Waals surface area contributed by atoms with Crippen LogP contribution in [0.15, 0.2) is 30.9 Å². The molecule has 0 amide bonds. The van der Waals surface area contributed by atoms with Crippen LogP contribution in [0.5, 0.6) is 11.5 Å². The van der Waals surface area contributed by atoms with Crippen LogP contribution >= 0.6 is 0 Å². The zero-order chi connectivity index (χ0) is 22.8. The first-order chi connectivity index (χ1) is 15.4. The van der Waals surface area contributed by atoms with Gasteiger partial charge < -0.3 is 19.4 Å². The van der Waals surface area contributed by atoms with E-state index in [2.05, 4.69) is 50.9 Å². The molecule has 4 aromatic rings. The summed E-state index contributed by atoms with van der Waals surface area (Å²) in [6, 6.07) is 6.00. The summed E-state index contributed by atoms with van der Waals surface area (Å²) in [6.45, 7) is 11.5. The van der Waals surface area contributed by atoms with E-state index in [1.54, 1.807) is 18.1 Å². The molecule has 0 radical (unpaired) electrons. The van der Waals surface area contributed by atoms with Crippen LogP contribution in [0.25, 0.3) is 16.5 Å². The van der Waals surface area contributed by atoms with Crippen LogP contribution in [-0.4, -0.2) is 49.3 Å². The summed E-state index contributed by atoms with van der Waals surface area (Å²) in [6.07, 6.45) is 3.24. The average Bonchev–Trinajstić information content (AvgIpc) is 3.37. The molecule has 0 fully saturated rings. The molecule has 0 aliphatic heterocycles. The van der Waals surface area contributed by atoms with E-state index in [1.165, 1.54) is 6.33 Å². The molecule has 9 heteroatoms. The van der Waals surface area contributed by atoms with Gasteiger partial charge in [0.15, 0.2) is 5.82 Å². The van der Waals surface area contributed by atoms with Crippen LogP contribution < -0.4 is 14.8 Å². The highest BCUT2D eigenvalue weighted by atomic mass is 16.5. The van der Waals surface area contributed by atoms with Crippen molar-refractivity contribution in [3.8, 4) is 17.2 Å². The first-order valence-corrected chi connectivity index (χ1v) is 10.7. The molecule has 3 heterocycles. The molecule has 168 valence electrons. The molecule has 3 aromatic heterocycles. The molecule has 0 aliphatic rings. The number of fused-ring (bicyclic) bond motifs is 1. The van der Waals surface area contributed by atoms with E-state index >= 15 is 0 Å². The van der Waals surface area contributed by atoms with Crippen LogP contribution in [0.2, 0.25) is 0 Å². The summed E-state index contributed by atoms with van der Waals surface area (Å²) in [5, 5.41) is 18.8. The van der Waals surface area contributed by atoms with Gasteiger partial charge in [-0.05, 0) is 46.8 Å². The summed E-state index contributed by atoms with van der Waals surface area (Å²) in [5.41, 5.74) is 3.98. The van der Waals surface area contributed by atoms with Gasteiger partial charge in [0.05, 0.1) is 31.6 Å². The van der Waals surface area contributed by atoms with Gasteiger partial charge in [0, 0.05) is 34.3 Å². The highest BCUT2D eigenvalue weighted by Crippen LogP contribution is 2.37. The maximum absolute atomic E-state index is 5.71. The molecule has 9 nitrogen and oxygen atoms in total. The minimum absolute atomic E-state index is 0.0833. The molecule has 0 saturated heterocycles. The number of aryl methyl sites for hydroxylation is 3. The fraction of sp³-hybridized carbons (Fsp3) is 0.391. The number of methoxy groups -OCH3 is 1. The Morgan fingerprint density at radius 1 is 1.09 bits per heavy atom. The fourth-order valence-corrected chi connectivity index (χ4v) is 4.24. The van der Waals surface area contributed by atoms with Gasteiger partial charge in [0.25, 0.3) is 0 Å². The minimum atomic E-state index is 0.0833. The van der Waals surface area contributed by atoms with Gasteiger partial charge >= 0.3 is 0 Å². The highest BCUT2D eigenvalue weighted by Gasteiger charge is 2.22. The van der Waals surface area contributed by atoms with E-state index in [-0.39, 0.29) is 6.04 Å². The van der Waals surface area contributed by atoms with Gasteiger partial charge in [0.2, 0.25) is 0 Å². The normalized spacial score (nSPS) is 12.2. The Hall–Kier alpha value is -3.62. The lowest BCUT2D eigenvalue weighted by Crippen LogP contribution is -2.23. The van der Waals surface area contributed by atoms with E-state index in [0.29, 0.717) is 13.2 Å². The SMILES string of the molecule is CCOc1ccc(-n2c(C)c3c(C)nnc(NC(C)Cn4cncn4)c3c2C)c(OC)c1. The van der Waals surface area contributed by atoms with Crippen LogP contribution in [0.3, 0.4) is 0 Å². The van der Waals surface area contributed by atoms with Crippen molar-refractivity contribution in [1.29, 1.82) is 0 Å². The number of aromatic nitrogens is 6. The predicted molar refractivity (Wildman–Crippen MR) is 124 cm³/mol. The number of nitrogens with one attached hydrogen (secondary N) is 1. The molecule has 1 unspecified atom stereocenters. The number of hydrogen-bond acceptors (Lipinski definition) is 7. The number of benzene rings is 1. The van der Waals surface area contributed by atoms with Crippen LogP contribution in [-0.2, 0) is 6.54 Å². The third kappa shape index (κ3) is 3.86. The quantitative estimate of drug-likeness (QED) is 0.449. The monoisotopic (exact) mass is 435 g/mol. The van der Waals surface area contributed by atoms with Gasteiger partial charge in [-0.2, -0.15) is 10.2 Å². The van der Waals surface area contributed by atoms with Crippen molar-refractivity contribution in [2.75, 3.05) is 19.0 Å². The van der Waals surface area contributed by atoms with Crippen molar-refractivity contribution in [1.82, 2.24) is 29.5 Å². The standard InChI is InChI=1S/C23H29N7O2/c1-7-32-18-8-9-19(20(10-18)31-6)30-16(4)21-15(3)27-28-23(22(21)17(30)5)26-14(2)11-29-13-24-12-25-29/h8-10,12-14H,7,11H2,1-6H3,(H,26,28). The van der Waals surface area contributed by atoms with Crippen LogP contribution in [0, 0.1) is 20.8 Å². The van der Waals surface area contributed by atoms with Crippen molar-refractivity contribution < 1.29 is 9.47 Å². The lowest BCUT2D eigenvalue weighted by molar-refractivity contribution is 0.336. The minimum Gasteiger partial charge on any atom is -0.494 e. The number of hydrogen-bond donors (Lipinski definition) is 1. The van der Waals surface area contributed by atoms with E-state index < -0.39 is 0 Å². The van der Waals surface area contributed by atoms with Crippen molar-refractivity contribution >= 4 is 16.6 Å². The zero-order valence-corrected chi connectivity index (χ0v) is 19.4. The second kappa shape index (κ2) is 8.86. The smallest absolute Gasteiger partial charge is 0.158 e. The second-order valence-corrected chi connectivity index (χ2v) is 7.82. The van der Waals surface area contributed by atoms with Gasteiger partial charge in [0.1, 0.15) is 24.2 Å². The third-order valence-electron chi connectivity index (χ3n) is 5.56. The molecule has 1 atom stereocenters. The average molecular weight is 436 g/mol. The Balaban J connectivity index is 1.81. The van der Waals surface area contributed by atoms with Crippen LogP contribution in [0.4, 0.5) is 5.82 Å². The molecule has 0 aliphatic carbocycles. The molecule has 0 spiro atoms. The Morgan fingerprint density at radius 3 is 2.56 bits per heavy atom. The summed E-state index contributed by atoms with van der Waals surface area (Å²) >= 11 is 0. The Bertz CT molecular complexity index is 1230. The van der Waals surface area contributed by atoms with E-state index in [1.807, 2.05) is 32.0 Å². The number of rotatable bonds is 8. The summed E-state index contributed by atoms with van der Waals surface area (Å²) < 4.78 is 15.4. The zero-order valence-electron chi connectivity index (χ0n) is 19.4. The number of anilines is 1. The number of nitrogens with zero attached hydrogens (tertiary/aromatic N) is 6. The molecule has 1 aromatic carbocycles. The second-order valence-electron chi connectivity index (χ2n) is 7.82. The largest absolute Gasteiger partial charge is 0.494 e. The molecular weight excluding hydrogens is 406 g/mol. The van der Waals surface area contributed by atoms with E-state index in [0.717, 1.165) is 50.9 Å². The van der Waals surface area contributed by atoms with Crippen molar-refractivity contribution in [2.24, 2.45) is 0 Å². The fourth-order valence-electron chi connectivity index (χ4n) is 4.24. The first-order valence-electron chi connectivity index (χ1n) is 10.7. The molecule has 0 bridgehead atoms. The first kappa shape index (κ1) is 21.6. The Kier molecular flexibility index (Phi) is 5.98. The molecule has 0 saturated carbocycles. The molecular formula is C23H29N7O2. The Morgan fingerprint density at radius 2 is 1.88 bits per heavy atom. The Labute approximate surface area is 187 Å². The summed E-state index contributed by atoms with van der Waals surface area (Å²) in [4.78, 5) is 4.01. The van der Waals surface area contributed by atoms with Crippen molar-refractivity contribution in [2.45, 2.75) is 47.2 Å². The lowest BCUT2D eigenvalue weighted by Gasteiger charge is -2.16. The van der Waals surface area contributed by atoms with Gasteiger partial charge in [-0.25, -0.2) is 4.98 Å². The van der Waals surface area contributed by atoms with E-state index in [4.69, 9.17) is 9.47 Å². The maximum atomic E-state index is 5.71. The van der Waals surface area contributed by atoms with E-state index in [9.17, 15) is 0 Å². The van der Waals surface area contributed by atoms with Crippen LogP contribution in [0.1, 0.15) is 30.9 Å². The van der Waals surface area contributed by atoms with Gasteiger partial charge in [-0.3, -0.25) is 4.68 Å². The summed E-state index contributed by atoms with van der Waals surface area (Å²) in [7, 11) is 1.68. The van der Waals surface area contributed by atoms with Crippen molar-refractivity contribution in [3.05, 3.63) is 47.9 Å². The van der Waals surface area contributed by atoms with Gasteiger partial charge in [-0.15, -0.1) is 5.10 Å². The molecule has 1 N–H and O–H groups in total. The lowest BCUT2D eigenvalue weighted by atomic mass is 10.1. The van der Waals surface area contributed by atoms with Crippen molar-refractivity contribution in [3.63, 3.8) is 0 Å². The molecule has 32 heavy (non-hydrogen) atoms. The topological polar surface area (TPSA) is 91.9 Å². The summed E-state index contributed by atoms with van der Waals surface area (Å²) in [5.74, 6) is 2.28. The van der Waals surface area contributed by atoms with Gasteiger partial charge in [-0.1, -0.05) is 0 Å². The number of ether oxygens (including phenoxy) is 2. The molecule has 4 rings (SSSR count). The highest BCUT2D eigenvalue weighted by molar-refractivity contribution is 5.98. The predicted octanol–water partition coefficient (Wildman–Crippen LogP) is 3.85. The third-order valence-corrected chi connectivity index (χ3v) is 5.56. The maximum Gasteiger partial charge on any atom is 0.158 e.